The summed E-state index contributed by atoms with van der Waals surface area (Å²) in [7, 11) is 1.98. The van der Waals surface area contributed by atoms with Crippen LogP contribution in [0.25, 0.3) is 0 Å². The van der Waals surface area contributed by atoms with E-state index in [0.29, 0.717) is 13.0 Å². The van der Waals surface area contributed by atoms with Crippen molar-refractivity contribution in [2.24, 2.45) is 17.3 Å². The maximum atomic E-state index is 12.4. The fraction of sp³-hybridized carbons (Fsp3) is 0.778. The van der Waals surface area contributed by atoms with Gasteiger partial charge in [-0.05, 0) is 27.3 Å². The Balaban J connectivity index is 2.93. The van der Waals surface area contributed by atoms with Crippen LogP contribution < -0.4 is 0 Å². The maximum Gasteiger partial charge on any atom is 0.307 e. The van der Waals surface area contributed by atoms with Crippen molar-refractivity contribution in [2.75, 3.05) is 13.6 Å². The molecule has 0 saturated carbocycles. The van der Waals surface area contributed by atoms with E-state index in [0.717, 1.165) is 0 Å². The number of likely N-dealkylation sites (tertiary alicyclic amines) is 1. The highest BCUT2D eigenvalue weighted by atomic mass is 16.5. The molecule has 3 unspecified atom stereocenters. The van der Waals surface area contributed by atoms with Gasteiger partial charge in [-0.15, -0.1) is 0 Å². The molecule has 3 atom stereocenters. The average Bonchev–Trinajstić information content (AvgIpc) is 2.51. The first-order valence-corrected chi connectivity index (χ1v) is 8.80. The summed E-state index contributed by atoms with van der Waals surface area (Å²) < 4.78 is 5.54. The van der Waals surface area contributed by atoms with Crippen LogP contribution in [0.2, 0.25) is 0 Å². The van der Waals surface area contributed by atoms with E-state index in [4.69, 9.17) is 9.84 Å². The Hall–Kier alpha value is -2.16. The molecule has 0 spiro atoms. The number of esters is 1. The lowest BCUT2D eigenvalue weighted by molar-refractivity contribution is -0.176. The predicted octanol–water partition coefficient (Wildman–Crippen LogP) is 1.30. The van der Waals surface area contributed by atoms with Gasteiger partial charge in [-0.3, -0.25) is 19.2 Å². The topological polar surface area (TPSA) is 141 Å². The fourth-order valence-corrected chi connectivity index (χ4v) is 3.42. The van der Waals surface area contributed by atoms with Crippen LogP contribution in [0, 0.1) is 17.3 Å². The first-order chi connectivity index (χ1) is 12.2. The van der Waals surface area contributed by atoms with E-state index in [9.17, 15) is 29.4 Å². The Bertz CT molecular complexity index is 612. The number of piperidine rings is 1. The number of carboxylic acids is 3. The van der Waals surface area contributed by atoms with Crippen molar-refractivity contribution in [1.29, 1.82) is 0 Å². The Morgan fingerprint density at radius 1 is 1.00 bits per heavy atom. The summed E-state index contributed by atoms with van der Waals surface area (Å²) in [5.41, 5.74) is -0.711. The zero-order valence-corrected chi connectivity index (χ0v) is 16.4. The molecule has 3 N–H and O–H groups in total. The molecule has 0 amide bonds. The molecular formula is C18H29NO8. The number of rotatable bonds is 8. The number of ether oxygens (including phenoxy) is 1. The molecular weight excluding hydrogens is 358 g/mol. The van der Waals surface area contributed by atoms with E-state index in [1.165, 1.54) is 0 Å². The normalized spacial score (nSPS) is 23.8. The van der Waals surface area contributed by atoms with Gasteiger partial charge in [-0.1, -0.05) is 13.8 Å². The first kappa shape index (κ1) is 22.9. The van der Waals surface area contributed by atoms with E-state index in [2.05, 4.69) is 4.90 Å². The second kappa shape index (κ2) is 8.24. The molecule has 9 heteroatoms. The molecule has 1 fully saturated rings. The quantitative estimate of drug-likeness (QED) is 0.525. The SMILES string of the molecule is CN1CCC(OC(=O)CC(C(=O)O)C(CC(=O)O)C(=O)O)C(C)(C)C1(C)C. The summed E-state index contributed by atoms with van der Waals surface area (Å²) in [5, 5.41) is 27.3. The van der Waals surface area contributed by atoms with Gasteiger partial charge >= 0.3 is 23.9 Å². The summed E-state index contributed by atoms with van der Waals surface area (Å²) in [5.74, 6) is -8.78. The van der Waals surface area contributed by atoms with E-state index < -0.39 is 60.1 Å². The van der Waals surface area contributed by atoms with Crippen LogP contribution in [0.15, 0.2) is 0 Å². The predicted molar refractivity (Wildman–Crippen MR) is 94.1 cm³/mol. The molecule has 9 nitrogen and oxygen atoms in total. The van der Waals surface area contributed by atoms with Crippen LogP contribution in [0.4, 0.5) is 0 Å². The van der Waals surface area contributed by atoms with E-state index in [-0.39, 0.29) is 5.54 Å². The molecule has 0 aromatic heterocycles. The maximum absolute atomic E-state index is 12.4. The molecule has 1 aliphatic rings. The van der Waals surface area contributed by atoms with E-state index in [1.807, 2.05) is 34.7 Å². The fourth-order valence-electron chi connectivity index (χ4n) is 3.42. The van der Waals surface area contributed by atoms with Gasteiger partial charge in [0.2, 0.25) is 0 Å². The van der Waals surface area contributed by atoms with Crippen LogP contribution in [0.3, 0.4) is 0 Å². The minimum absolute atomic E-state index is 0.282. The zero-order valence-electron chi connectivity index (χ0n) is 16.4. The van der Waals surface area contributed by atoms with Gasteiger partial charge in [0.15, 0.2) is 0 Å². The van der Waals surface area contributed by atoms with Gasteiger partial charge in [0, 0.05) is 17.5 Å². The second-order valence-electron chi connectivity index (χ2n) is 8.16. The third-order valence-corrected chi connectivity index (χ3v) is 6.24. The van der Waals surface area contributed by atoms with Gasteiger partial charge in [0.05, 0.1) is 24.7 Å². The van der Waals surface area contributed by atoms with Crippen LogP contribution in [-0.4, -0.2) is 69.3 Å². The summed E-state index contributed by atoms with van der Waals surface area (Å²) in [6.07, 6.45) is -1.48. The molecule has 0 radical (unpaired) electrons. The summed E-state index contributed by atoms with van der Waals surface area (Å²) >= 11 is 0. The van der Waals surface area contributed by atoms with Crippen LogP contribution in [0.5, 0.6) is 0 Å². The Kier molecular flexibility index (Phi) is 6.99. The molecule has 1 saturated heterocycles. The number of hydrogen-bond acceptors (Lipinski definition) is 6. The number of carboxylic acid groups (broad SMARTS) is 3. The average molecular weight is 387 g/mol. The van der Waals surface area contributed by atoms with Crippen LogP contribution in [0.1, 0.15) is 47.0 Å². The molecule has 1 aliphatic heterocycles. The smallest absolute Gasteiger partial charge is 0.307 e. The largest absolute Gasteiger partial charge is 0.481 e. The third kappa shape index (κ3) is 4.97. The highest BCUT2D eigenvalue weighted by molar-refractivity contribution is 5.86. The monoisotopic (exact) mass is 387 g/mol. The number of aliphatic carboxylic acids is 3. The lowest BCUT2D eigenvalue weighted by Crippen LogP contribution is -2.62. The molecule has 27 heavy (non-hydrogen) atoms. The molecule has 0 aromatic rings. The molecule has 154 valence electrons. The molecule has 0 aliphatic carbocycles. The zero-order chi connectivity index (χ0) is 21.2. The molecule has 1 rings (SSSR count). The van der Waals surface area contributed by atoms with Gasteiger partial charge in [-0.25, -0.2) is 0 Å². The Morgan fingerprint density at radius 3 is 1.93 bits per heavy atom. The summed E-state index contributed by atoms with van der Waals surface area (Å²) in [6.45, 7) is 8.66. The summed E-state index contributed by atoms with van der Waals surface area (Å²) in [6, 6.07) is 0. The number of nitrogens with zero attached hydrogens (tertiary/aromatic N) is 1. The van der Waals surface area contributed by atoms with Crippen molar-refractivity contribution in [1.82, 2.24) is 4.90 Å². The van der Waals surface area contributed by atoms with Crippen molar-refractivity contribution in [3.05, 3.63) is 0 Å². The third-order valence-electron chi connectivity index (χ3n) is 6.24. The molecule has 0 aromatic carbocycles. The van der Waals surface area contributed by atoms with Gasteiger partial charge in [-0.2, -0.15) is 0 Å². The van der Waals surface area contributed by atoms with E-state index in [1.54, 1.807) is 0 Å². The molecule has 1 heterocycles. The van der Waals surface area contributed by atoms with Crippen molar-refractivity contribution >= 4 is 23.9 Å². The van der Waals surface area contributed by atoms with Gasteiger partial charge < -0.3 is 25.0 Å². The Morgan fingerprint density at radius 2 is 1.48 bits per heavy atom. The minimum Gasteiger partial charge on any atom is -0.481 e. The van der Waals surface area contributed by atoms with Crippen molar-refractivity contribution in [2.45, 2.75) is 58.6 Å². The lowest BCUT2D eigenvalue weighted by Gasteiger charge is -2.55. The highest BCUT2D eigenvalue weighted by Gasteiger charge is 2.50. The van der Waals surface area contributed by atoms with Gasteiger partial charge in [0.25, 0.3) is 0 Å². The van der Waals surface area contributed by atoms with Gasteiger partial charge in [0.1, 0.15) is 6.10 Å². The second-order valence-corrected chi connectivity index (χ2v) is 8.16. The highest BCUT2D eigenvalue weighted by Crippen LogP contribution is 2.44. The first-order valence-electron chi connectivity index (χ1n) is 8.80. The molecule has 0 bridgehead atoms. The number of carbonyl (C=O) groups is 4. The van der Waals surface area contributed by atoms with E-state index >= 15 is 0 Å². The number of carbonyl (C=O) groups excluding carboxylic acids is 1. The van der Waals surface area contributed by atoms with Crippen LogP contribution >= 0.6 is 0 Å². The lowest BCUT2D eigenvalue weighted by atomic mass is 9.66. The minimum atomic E-state index is -1.71. The van der Waals surface area contributed by atoms with Crippen molar-refractivity contribution in [3.63, 3.8) is 0 Å². The number of hydrogen-bond donors (Lipinski definition) is 3. The summed E-state index contributed by atoms with van der Waals surface area (Å²) in [4.78, 5) is 48.1. The Labute approximate surface area is 158 Å². The van der Waals surface area contributed by atoms with Crippen molar-refractivity contribution in [3.8, 4) is 0 Å². The van der Waals surface area contributed by atoms with Crippen molar-refractivity contribution < 1.29 is 39.2 Å². The van der Waals surface area contributed by atoms with Crippen LogP contribution in [-0.2, 0) is 23.9 Å². The standard InChI is InChI=1S/C18H29NO8/c1-17(2)12(6-7-19(5)18(17,3)4)27-14(22)9-11(16(25)26)10(15(23)24)8-13(20)21/h10-12H,6-9H2,1-5H3,(H,20,21)(H,23,24)(H,25,26).